The van der Waals surface area contributed by atoms with Crippen LogP contribution in [0.25, 0.3) is 0 Å². The van der Waals surface area contributed by atoms with E-state index in [1.807, 2.05) is 24.3 Å². The molecular formula is C17H17ClN2O4S. The Labute approximate surface area is 153 Å². The molecule has 0 radical (unpaired) electrons. The molecule has 0 aliphatic carbocycles. The summed E-state index contributed by atoms with van der Waals surface area (Å²) in [6.07, 6.45) is 1.55. The van der Waals surface area contributed by atoms with Gasteiger partial charge in [-0.05, 0) is 36.6 Å². The third-order valence-electron chi connectivity index (χ3n) is 4.47. The quantitative estimate of drug-likeness (QED) is 0.632. The SMILES string of the molecule is O=C(NCC1(c2cccc(Cl)c2)CCOCC1)c1ccc([N+](=O)[O-])s1. The highest BCUT2D eigenvalue weighted by Gasteiger charge is 2.35. The van der Waals surface area contributed by atoms with Gasteiger partial charge in [0, 0.05) is 36.3 Å². The van der Waals surface area contributed by atoms with E-state index in [2.05, 4.69) is 5.32 Å². The van der Waals surface area contributed by atoms with Crippen molar-refractivity contribution in [3.8, 4) is 0 Å². The molecule has 1 amide bonds. The summed E-state index contributed by atoms with van der Waals surface area (Å²) in [6.45, 7) is 1.67. The highest BCUT2D eigenvalue weighted by Crippen LogP contribution is 2.35. The van der Waals surface area contributed by atoms with Crippen LogP contribution >= 0.6 is 22.9 Å². The number of halogens is 1. The first-order valence-corrected chi connectivity index (χ1v) is 9.06. The van der Waals surface area contributed by atoms with E-state index in [0.717, 1.165) is 29.7 Å². The van der Waals surface area contributed by atoms with Crippen molar-refractivity contribution in [1.82, 2.24) is 5.32 Å². The summed E-state index contributed by atoms with van der Waals surface area (Å²) >= 11 is 7.01. The van der Waals surface area contributed by atoms with Gasteiger partial charge in [-0.3, -0.25) is 14.9 Å². The Morgan fingerprint density at radius 2 is 2.08 bits per heavy atom. The zero-order valence-corrected chi connectivity index (χ0v) is 14.9. The molecule has 6 nitrogen and oxygen atoms in total. The average molecular weight is 381 g/mol. The summed E-state index contributed by atoms with van der Waals surface area (Å²) < 4.78 is 5.48. The van der Waals surface area contributed by atoms with Gasteiger partial charge < -0.3 is 10.1 Å². The lowest BCUT2D eigenvalue weighted by Crippen LogP contribution is -2.44. The number of nitrogens with zero attached hydrogens (tertiary/aromatic N) is 1. The maximum absolute atomic E-state index is 12.4. The van der Waals surface area contributed by atoms with Gasteiger partial charge in [-0.25, -0.2) is 0 Å². The predicted octanol–water partition coefficient (Wildman–Crippen LogP) is 3.79. The smallest absolute Gasteiger partial charge is 0.324 e. The number of amides is 1. The van der Waals surface area contributed by atoms with Crippen LogP contribution in [-0.4, -0.2) is 30.6 Å². The van der Waals surface area contributed by atoms with Crippen molar-refractivity contribution < 1.29 is 14.5 Å². The molecule has 3 rings (SSSR count). The van der Waals surface area contributed by atoms with Crippen LogP contribution in [0.3, 0.4) is 0 Å². The molecule has 1 aromatic carbocycles. The predicted molar refractivity (Wildman–Crippen MR) is 96.5 cm³/mol. The lowest BCUT2D eigenvalue weighted by Gasteiger charge is -2.38. The minimum atomic E-state index is -0.493. The third kappa shape index (κ3) is 4.00. The molecule has 2 aromatic rings. The van der Waals surface area contributed by atoms with Gasteiger partial charge in [-0.2, -0.15) is 0 Å². The van der Waals surface area contributed by atoms with Gasteiger partial charge in [0.1, 0.15) is 0 Å². The number of carbonyl (C=O) groups excluding carboxylic acids is 1. The van der Waals surface area contributed by atoms with E-state index in [-0.39, 0.29) is 16.3 Å². The van der Waals surface area contributed by atoms with Crippen LogP contribution < -0.4 is 5.32 Å². The fourth-order valence-corrected chi connectivity index (χ4v) is 3.96. The number of hydrogen-bond donors (Lipinski definition) is 1. The van der Waals surface area contributed by atoms with Crippen LogP contribution in [0.4, 0.5) is 5.00 Å². The van der Waals surface area contributed by atoms with E-state index < -0.39 is 4.92 Å². The zero-order valence-electron chi connectivity index (χ0n) is 13.4. The van der Waals surface area contributed by atoms with E-state index >= 15 is 0 Å². The van der Waals surface area contributed by atoms with Crippen LogP contribution in [0, 0.1) is 10.1 Å². The molecule has 25 heavy (non-hydrogen) atoms. The molecule has 1 fully saturated rings. The topological polar surface area (TPSA) is 81.5 Å². The Morgan fingerprint density at radius 1 is 1.32 bits per heavy atom. The molecular weight excluding hydrogens is 364 g/mol. The second kappa shape index (κ2) is 7.51. The first-order chi connectivity index (χ1) is 12.0. The third-order valence-corrected chi connectivity index (χ3v) is 5.74. The molecule has 1 aromatic heterocycles. The molecule has 0 atom stereocenters. The molecule has 1 N–H and O–H groups in total. The van der Waals surface area contributed by atoms with Gasteiger partial charge >= 0.3 is 5.00 Å². The van der Waals surface area contributed by atoms with E-state index in [1.54, 1.807) is 0 Å². The van der Waals surface area contributed by atoms with Crippen LogP contribution in [0.5, 0.6) is 0 Å². The minimum Gasteiger partial charge on any atom is -0.381 e. The summed E-state index contributed by atoms with van der Waals surface area (Å²) in [7, 11) is 0. The second-order valence-electron chi connectivity index (χ2n) is 5.98. The lowest BCUT2D eigenvalue weighted by molar-refractivity contribution is -0.380. The monoisotopic (exact) mass is 380 g/mol. The van der Waals surface area contributed by atoms with Crippen molar-refractivity contribution in [2.75, 3.05) is 19.8 Å². The zero-order chi connectivity index (χ0) is 17.9. The number of hydrogen-bond acceptors (Lipinski definition) is 5. The van der Waals surface area contributed by atoms with Crippen molar-refractivity contribution in [3.05, 3.63) is 62.0 Å². The van der Waals surface area contributed by atoms with Crippen molar-refractivity contribution in [2.24, 2.45) is 0 Å². The van der Waals surface area contributed by atoms with E-state index in [4.69, 9.17) is 16.3 Å². The summed E-state index contributed by atoms with van der Waals surface area (Å²) in [6, 6.07) is 10.5. The molecule has 1 aliphatic rings. The van der Waals surface area contributed by atoms with E-state index in [1.165, 1.54) is 12.1 Å². The molecule has 1 saturated heterocycles. The second-order valence-corrected chi connectivity index (χ2v) is 7.48. The molecule has 1 aliphatic heterocycles. The highest BCUT2D eigenvalue weighted by molar-refractivity contribution is 7.17. The van der Waals surface area contributed by atoms with Gasteiger partial charge in [0.2, 0.25) is 0 Å². The highest BCUT2D eigenvalue weighted by atomic mass is 35.5. The number of benzene rings is 1. The summed E-state index contributed by atoms with van der Waals surface area (Å²) in [5, 5.41) is 14.3. The van der Waals surface area contributed by atoms with E-state index in [0.29, 0.717) is 29.7 Å². The maximum atomic E-state index is 12.4. The Morgan fingerprint density at radius 3 is 2.72 bits per heavy atom. The molecule has 0 unspecified atom stereocenters. The van der Waals surface area contributed by atoms with Gasteiger partial charge in [0.25, 0.3) is 5.91 Å². The number of carbonyl (C=O) groups is 1. The molecule has 0 bridgehead atoms. The number of thiophene rings is 1. The molecule has 132 valence electrons. The van der Waals surface area contributed by atoms with Crippen molar-refractivity contribution >= 4 is 33.8 Å². The van der Waals surface area contributed by atoms with Gasteiger partial charge in [-0.1, -0.05) is 35.1 Å². The van der Waals surface area contributed by atoms with Crippen LogP contribution in [0.1, 0.15) is 28.1 Å². The summed E-state index contributed by atoms with van der Waals surface area (Å²) in [5.41, 5.74) is 0.822. The standard InChI is InChI=1S/C17H17ClN2O4S/c18-13-3-1-2-12(10-13)17(6-8-24-9-7-17)11-19-16(21)14-4-5-15(25-14)20(22)23/h1-5,10H,6-9,11H2,(H,19,21). The number of ether oxygens (including phenoxy) is 1. The molecule has 0 saturated carbocycles. The Balaban J connectivity index is 1.76. The minimum absolute atomic E-state index is 0.0410. The largest absolute Gasteiger partial charge is 0.381 e. The van der Waals surface area contributed by atoms with Gasteiger partial charge in [0.05, 0.1) is 9.80 Å². The van der Waals surface area contributed by atoms with Gasteiger partial charge in [-0.15, -0.1) is 0 Å². The number of nitro groups is 1. The first-order valence-electron chi connectivity index (χ1n) is 7.86. The van der Waals surface area contributed by atoms with Crippen LogP contribution in [0.2, 0.25) is 5.02 Å². The van der Waals surface area contributed by atoms with Crippen LogP contribution in [0.15, 0.2) is 36.4 Å². The fraction of sp³-hybridized carbons (Fsp3) is 0.353. The molecule has 8 heteroatoms. The Kier molecular flexibility index (Phi) is 5.36. The number of nitrogens with one attached hydrogen (secondary N) is 1. The average Bonchev–Trinajstić information content (AvgIpc) is 3.11. The Bertz CT molecular complexity index is 786. The number of rotatable bonds is 5. The summed E-state index contributed by atoms with van der Waals surface area (Å²) in [4.78, 5) is 23.0. The van der Waals surface area contributed by atoms with Crippen molar-refractivity contribution in [2.45, 2.75) is 18.3 Å². The Hall–Kier alpha value is -1.96. The van der Waals surface area contributed by atoms with Crippen LogP contribution in [-0.2, 0) is 10.2 Å². The van der Waals surface area contributed by atoms with Crippen molar-refractivity contribution in [3.63, 3.8) is 0 Å². The molecule has 0 spiro atoms. The fourth-order valence-electron chi connectivity index (χ4n) is 3.03. The van der Waals surface area contributed by atoms with Crippen molar-refractivity contribution in [1.29, 1.82) is 0 Å². The van der Waals surface area contributed by atoms with Gasteiger partial charge in [0.15, 0.2) is 0 Å². The molecule has 2 heterocycles. The van der Waals surface area contributed by atoms with E-state index in [9.17, 15) is 14.9 Å². The normalized spacial score (nSPS) is 16.4. The first kappa shape index (κ1) is 17.8. The summed E-state index contributed by atoms with van der Waals surface area (Å²) in [5.74, 6) is -0.300. The lowest BCUT2D eigenvalue weighted by atomic mass is 9.74. The maximum Gasteiger partial charge on any atom is 0.324 e.